The van der Waals surface area contributed by atoms with E-state index in [4.69, 9.17) is 21.3 Å². The number of fused-ring (bicyclic) bond motifs is 1. The fraction of sp³-hybridized carbons (Fsp3) is 0.174. The van der Waals surface area contributed by atoms with Crippen LogP contribution in [0.3, 0.4) is 0 Å². The molecule has 0 radical (unpaired) electrons. The van der Waals surface area contributed by atoms with E-state index in [1.54, 1.807) is 43.7 Å². The lowest BCUT2D eigenvalue weighted by atomic mass is 9.98. The number of nitrogens with one attached hydrogen (secondary N) is 1. The average Bonchev–Trinajstić information content (AvgIpc) is 3.02. The first-order chi connectivity index (χ1) is 14.4. The highest BCUT2D eigenvalue weighted by Crippen LogP contribution is 2.30. The molecule has 2 aliphatic rings. The van der Waals surface area contributed by atoms with Crippen molar-refractivity contribution in [2.24, 2.45) is 4.99 Å². The quantitative estimate of drug-likeness (QED) is 0.799. The van der Waals surface area contributed by atoms with E-state index in [0.29, 0.717) is 22.2 Å². The second-order valence-electron chi connectivity index (χ2n) is 7.15. The van der Waals surface area contributed by atoms with Gasteiger partial charge < -0.3 is 10.1 Å². The molecular weight excluding hydrogens is 402 g/mol. The topological polar surface area (TPSA) is 71.0 Å². The Morgan fingerprint density at radius 1 is 1.17 bits per heavy atom. The van der Waals surface area contributed by atoms with Crippen LogP contribution in [0.4, 0.5) is 0 Å². The van der Waals surface area contributed by atoms with Crippen molar-refractivity contribution in [2.45, 2.75) is 19.0 Å². The van der Waals surface area contributed by atoms with Gasteiger partial charge in [0.15, 0.2) is 0 Å². The summed E-state index contributed by atoms with van der Waals surface area (Å²) in [4.78, 5) is 32.6. The van der Waals surface area contributed by atoms with Crippen molar-refractivity contribution in [2.75, 3.05) is 7.11 Å². The van der Waals surface area contributed by atoms with Gasteiger partial charge in [0.05, 0.1) is 7.11 Å². The predicted octanol–water partition coefficient (Wildman–Crippen LogP) is 3.73. The minimum Gasteiger partial charge on any atom is -0.497 e. The fourth-order valence-corrected chi connectivity index (χ4v) is 3.61. The van der Waals surface area contributed by atoms with Gasteiger partial charge in [-0.05, 0) is 60.5 Å². The zero-order valence-corrected chi connectivity index (χ0v) is 17.3. The van der Waals surface area contributed by atoms with Crippen LogP contribution in [0, 0.1) is 0 Å². The van der Waals surface area contributed by atoms with Crippen LogP contribution >= 0.6 is 11.6 Å². The molecule has 2 aliphatic heterocycles. The zero-order chi connectivity index (χ0) is 21.3. The molecule has 7 heteroatoms. The Morgan fingerprint density at radius 2 is 1.87 bits per heavy atom. The van der Waals surface area contributed by atoms with Crippen LogP contribution in [-0.4, -0.2) is 35.3 Å². The SMILES string of the molecule is COc1ccc(CC2(NC(=O)c3ccc(Cl)cc3)N=C3C(C)=CC=CN3C2=O)cc1. The van der Waals surface area contributed by atoms with Crippen molar-refractivity contribution in [3.05, 3.63) is 88.6 Å². The third-order valence-corrected chi connectivity index (χ3v) is 5.33. The molecule has 2 amide bonds. The number of hydrogen-bond acceptors (Lipinski definition) is 4. The Balaban J connectivity index is 1.72. The van der Waals surface area contributed by atoms with Crippen LogP contribution in [0.25, 0.3) is 0 Å². The molecule has 0 bridgehead atoms. The zero-order valence-electron chi connectivity index (χ0n) is 16.6. The molecule has 1 atom stereocenters. The summed E-state index contributed by atoms with van der Waals surface area (Å²) in [7, 11) is 1.59. The van der Waals surface area contributed by atoms with E-state index in [-0.39, 0.29) is 12.3 Å². The number of carbonyl (C=O) groups excluding carboxylic acids is 2. The molecule has 0 aliphatic carbocycles. The number of halogens is 1. The molecule has 4 rings (SSSR count). The van der Waals surface area contributed by atoms with Crippen LogP contribution in [0.2, 0.25) is 5.02 Å². The van der Waals surface area contributed by atoms with Crippen LogP contribution in [0.15, 0.2) is 77.4 Å². The third-order valence-electron chi connectivity index (χ3n) is 5.08. The lowest BCUT2D eigenvalue weighted by Gasteiger charge is -2.27. The van der Waals surface area contributed by atoms with E-state index in [2.05, 4.69) is 5.32 Å². The molecule has 0 fully saturated rings. The molecule has 0 saturated carbocycles. The number of hydrogen-bond donors (Lipinski definition) is 1. The van der Waals surface area contributed by atoms with Gasteiger partial charge >= 0.3 is 0 Å². The standard InChI is InChI=1S/C23H20ClN3O3/c1-15-4-3-13-27-20(15)25-23(22(27)29,14-16-5-11-19(30-2)12-6-16)26-21(28)17-7-9-18(24)10-8-17/h3-13H,14H2,1-2H3,(H,26,28). The monoisotopic (exact) mass is 421 g/mol. The summed E-state index contributed by atoms with van der Waals surface area (Å²) >= 11 is 5.93. The number of amides is 2. The third kappa shape index (κ3) is 3.62. The number of nitrogens with zero attached hydrogens (tertiary/aromatic N) is 2. The molecule has 152 valence electrons. The van der Waals surface area contributed by atoms with E-state index in [1.807, 2.05) is 37.3 Å². The second-order valence-corrected chi connectivity index (χ2v) is 7.58. The Morgan fingerprint density at radius 3 is 2.50 bits per heavy atom. The van der Waals surface area contributed by atoms with Crippen molar-refractivity contribution >= 4 is 29.3 Å². The summed E-state index contributed by atoms with van der Waals surface area (Å²) in [5.74, 6) is 0.538. The Kier molecular flexibility index (Phi) is 5.18. The van der Waals surface area contributed by atoms with Gasteiger partial charge in [0.25, 0.3) is 11.8 Å². The van der Waals surface area contributed by atoms with Gasteiger partial charge in [0.2, 0.25) is 5.66 Å². The van der Waals surface area contributed by atoms with E-state index in [0.717, 1.165) is 11.1 Å². The first kappa shape index (κ1) is 19.9. The number of rotatable bonds is 5. The summed E-state index contributed by atoms with van der Waals surface area (Å²) in [5, 5.41) is 3.41. The molecule has 0 spiro atoms. The van der Waals surface area contributed by atoms with E-state index in [9.17, 15) is 9.59 Å². The van der Waals surface area contributed by atoms with E-state index < -0.39 is 11.6 Å². The van der Waals surface area contributed by atoms with Crippen molar-refractivity contribution in [1.82, 2.24) is 10.2 Å². The second kappa shape index (κ2) is 7.80. The highest BCUT2D eigenvalue weighted by Gasteiger charge is 2.49. The van der Waals surface area contributed by atoms with Gasteiger partial charge in [-0.15, -0.1) is 0 Å². The number of ether oxygens (including phenoxy) is 1. The summed E-state index contributed by atoms with van der Waals surface area (Å²) < 4.78 is 5.21. The molecular formula is C23H20ClN3O3. The van der Waals surface area contributed by atoms with Gasteiger partial charge in [0, 0.05) is 23.2 Å². The van der Waals surface area contributed by atoms with Gasteiger partial charge in [-0.25, -0.2) is 4.99 Å². The number of allylic oxidation sites excluding steroid dienone is 2. The lowest BCUT2D eigenvalue weighted by Crippen LogP contribution is -2.55. The van der Waals surface area contributed by atoms with Crippen LogP contribution in [-0.2, 0) is 11.2 Å². The van der Waals surface area contributed by atoms with Gasteiger partial charge in [-0.2, -0.15) is 0 Å². The summed E-state index contributed by atoms with van der Waals surface area (Å²) in [6.45, 7) is 1.88. The first-order valence-electron chi connectivity index (χ1n) is 9.42. The van der Waals surface area contributed by atoms with Crippen LogP contribution < -0.4 is 10.1 Å². The van der Waals surface area contributed by atoms with Crippen LogP contribution in [0.1, 0.15) is 22.8 Å². The van der Waals surface area contributed by atoms with Crippen molar-refractivity contribution in [3.63, 3.8) is 0 Å². The number of carbonyl (C=O) groups is 2. The number of benzene rings is 2. The van der Waals surface area contributed by atoms with Gasteiger partial charge in [-0.1, -0.05) is 29.8 Å². The number of methoxy groups -OCH3 is 1. The van der Waals surface area contributed by atoms with E-state index in [1.165, 1.54) is 4.90 Å². The minimum absolute atomic E-state index is 0.205. The van der Waals surface area contributed by atoms with Crippen molar-refractivity contribution in [3.8, 4) is 5.75 Å². The van der Waals surface area contributed by atoms with Crippen molar-refractivity contribution in [1.29, 1.82) is 0 Å². The maximum absolute atomic E-state index is 13.4. The molecule has 1 unspecified atom stereocenters. The Labute approximate surface area is 179 Å². The first-order valence-corrected chi connectivity index (χ1v) is 9.80. The minimum atomic E-state index is -1.45. The maximum atomic E-state index is 13.4. The van der Waals surface area contributed by atoms with Crippen molar-refractivity contribution < 1.29 is 14.3 Å². The Hall–Kier alpha value is -3.38. The van der Waals surface area contributed by atoms with Crippen LogP contribution in [0.5, 0.6) is 5.75 Å². The molecule has 30 heavy (non-hydrogen) atoms. The molecule has 2 aromatic carbocycles. The summed E-state index contributed by atoms with van der Waals surface area (Å²) in [5.41, 5.74) is 0.637. The smallest absolute Gasteiger partial charge is 0.281 e. The normalized spacial score (nSPS) is 19.8. The molecule has 2 heterocycles. The summed E-state index contributed by atoms with van der Waals surface area (Å²) in [6, 6.07) is 13.8. The molecule has 0 aromatic heterocycles. The van der Waals surface area contributed by atoms with E-state index >= 15 is 0 Å². The highest BCUT2D eigenvalue weighted by molar-refractivity contribution is 6.30. The Bertz CT molecular complexity index is 1090. The lowest BCUT2D eigenvalue weighted by molar-refractivity contribution is -0.130. The van der Waals surface area contributed by atoms with Gasteiger partial charge in [0.1, 0.15) is 11.6 Å². The molecule has 2 aromatic rings. The molecule has 0 saturated heterocycles. The molecule has 6 nitrogen and oxygen atoms in total. The predicted molar refractivity (Wildman–Crippen MR) is 116 cm³/mol. The molecule has 1 N–H and O–H groups in total. The van der Waals surface area contributed by atoms with Gasteiger partial charge in [-0.3, -0.25) is 14.5 Å². The largest absolute Gasteiger partial charge is 0.497 e. The number of amidine groups is 1. The average molecular weight is 422 g/mol. The number of aliphatic imine (C=N–C) groups is 1. The highest BCUT2D eigenvalue weighted by atomic mass is 35.5. The summed E-state index contributed by atoms with van der Waals surface area (Å²) in [6.07, 6.45) is 5.54. The maximum Gasteiger partial charge on any atom is 0.281 e. The fourth-order valence-electron chi connectivity index (χ4n) is 3.48.